The van der Waals surface area contributed by atoms with E-state index in [1.807, 2.05) is 19.2 Å². The number of ether oxygens (including phenoxy) is 1. The average Bonchev–Trinajstić information content (AvgIpc) is 2.95. The van der Waals surface area contributed by atoms with Gasteiger partial charge in [-0.15, -0.1) is 0 Å². The second-order valence-electron chi connectivity index (χ2n) is 5.47. The van der Waals surface area contributed by atoms with Crippen molar-refractivity contribution < 1.29 is 9.84 Å². The van der Waals surface area contributed by atoms with Crippen LogP contribution in [0, 0.1) is 0 Å². The zero-order valence-electron chi connectivity index (χ0n) is 11.5. The van der Waals surface area contributed by atoms with E-state index >= 15 is 0 Å². The molecule has 3 atom stereocenters. The van der Waals surface area contributed by atoms with E-state index in [1.165, 1.54) is 19.3 Å². The van der Waals surface area contributed by atoms with E-state index in [-0.39, 0.29) is 0 Å². The summed E-state index contributed by atoms with van der Waals surface area (Å²) in [7, 11) is 0. The normalized spacial score (nSPS) is 28.2. The molecular formula is C15H22N2O2. The lowest BCUT2D eigenvalue weighted by atomic mass is 10.1. The molecule has 2 fully saturated rings. The van der Waals surface area contributed by atoms with Gasteiger partial charge in [-0.1, -0.05) is 6.92 Å². The molecule has 19 heavy (non-hydrogen) atoms. The Labute approximate surface area is 114 Å². The highest BCUT2D eigenvalue weighted by Gasteiger charge is 2.36. The van der Waals surface area contributed by atoms with Gasteiger partial charge in [0.1, 0.15) is 0 Å². The topological polar surface area (TPSA) is 45.6 Å². The molecule has 104 valence electrons. The number of rotatable bonds is 3. The lowest BCUT2D eigenvalue weighted by molar-refractivity contribution is 0.0256. The van der Waals surface area contributed by atoms with Crippen molar-refractivity contribution in [2.45, 2.75) is 50.9 Å². The zero-order valence-corrected chi connectivity index (χ0v) is 11.5. The summed E-state index contributed by atoms with van der Waals surface area (Å²) >= 11 is 0. The second-order valence-corrected chi connectivity index (χ2v) is 5.47. The number of aliphatic hydroxyl groups is 1. The van der Waals surface area contributed by atoms with Gasteiger partial charge in [-0.05, 0) is 37.8 Å². The van der Waals surface area contributed by atoms with Crippen LogP contribution < -0.4 is 4.90 Å². The number of aliphatic hydroxyl groups excluding tert-OH is 1. The van der Waals surface area contributed by atoms with Crippen LogP contribution in [0.2, 0.25) is 0 Å². The summed E-state index contributed by atoms with van der Waals surface area (Å²) in [6.07, 6.45) is 6.20. The van der Waals surface area contributed by atoms with Crippen molar-refractivity contribution >= 4 is 5.69 Å². The number of aromatic nitrogens is 1. The third-order valence-electron chi connectivity index (χ3n) is 4.31. The van der Waals surface area contributed by atoms with Gasteiger partial charge in [0.25, 0.3) is 0 Å². The highest BCUT2D eigenvalue weighted by atomic mass is 16.5. The summed E-state index contributed by atoms with van der Waals surface area (Å²) in [4.78, 5) is 6.83. The minimum absolute atomic E-state index is 0.398. The highest BCUT2D eigenvalue weighted by molar-refractivity contribution is 5.47. The first-order valence-corrected chi connectivity index (χ1v) is 7.32. The van der Waals surface area contributed by atoms with Crippen LogP contribution in [-0.2, 0) is 4.74 Å². The Morgan fingerprint density at radius 2 is 2.37 bits per heavy atom. The molecule has 1 aromatic rings. The van der Waals surface area contributed by atoms with Gasteiger partial charge in [0, 0.05) is 6.54 Å². The van der Waals surface area contributed by atoms with E-state index in [0.717, 1.165) is 24.5 Å². The summed E-state index contributed by atoms with van der Waals surface area (Å²) in [5.41, 5.74) is 1.93. The van der Waals surface area contributed by atoms with Crippen LogP contribution in [0.4, 0.5) is 5.69 Å². The van der Waals surface area contributed by atoms with Gasteiger partial charge < -0.3 is 14.7 Å². The Hall–Kier alpha value is -1.13. The van der Waals surface area contributed by atoms with Crippen LogP contribution >= 0.6 is 0 Å². The lowest BCUT2D eigenvalue weighted by Crippen LogP contribution is -2.48. The maximum Gasteiger partial charge on any atom is 0.0957 e. The fourth-order valence-corrected chi connectivity index (χ4v) is 3.22. The molecule has 0 bridgehead atoms. The maximum atomic E-state index is 9.78. The van der Waals surface area contributed by atoms with E-state index in [9.17, 15) is 5.11 Å². The Kier molecular flexibility index (Phi) is 3.71. The van der Waals surface area contributed by atoms with E-state index in [0.29, 0.717) is 18.6 Å². The smallest absolute Gasteiger partial charge is 0.0957 e. The summed E-state index contributed by atoms with van der Waals surface area (Å²) < 4.78 is 5.83. The molecule has 1 saturated heterocycles. The molecule has 0 aromatic carbocycles. The molecule has 3 rings (SSSR count). The molecule has 1 N–H and O–H groups in total. The van der Waals surface area contributed by atoms with Crippen molar-refractivity contribution in [3.8, 4) is 0 Å². The number of nitrogens with zero attached hydrogens (tertiary/aromatic N) is 2. The number of fused-ring (bicyclic) bond motifs is 1. The number of hydrogen-bond donors (Lipinski definition) is 1. The maximum absolute atomic E-state index is 9.78. The van der Waals surface area contributed by atoms with Crippen molar-refractivity contribution in [2.75, 3.05) is 18.1 Å². The van der Waals surface area contributed by atoms with Crippen LogP contribution in [0.5, 0.6) is 0 Å². The summed E-state index contributed by atoms with van der Waals surface area (Å²) in [6, 6.07) is 4.54. The molecular weight excluding hydrogens is 240 g/mol. The Morgan fingerprint density at radius 3 is 3.11 bits per heavy atom. The molecule has 2 unspecified atom stereocenters. The molecule has 2 aliphatic rings. The monoisotopic (exact) mass is 262 g/mol. The molecule has 4 heteroatoms. The van der Waals surface area contributed by atoms with Crippen molar-refractivity contribution in [1.82, 2.24) is 4.98 Å². The third kappa shape index (κ3) is 2.47. The summed E-state index contributed by atoms with van der Waals surface area (Å²) in [5, 5.41) is 9.78. The van der Waals surface area contributed by atoms with Crippen LogP contribution in [0.15, 0.2) is 18.3 Å². The van der Waals surface area contributed by atoms with Gasteiger partial charge in [0.05, 0.1) is 42.4 Å². The number of morpholine rings is 1. The lowest BCUT2D eigenvalue weighted by Gasteiger charge is -2.39. The Bertz CT molecular complexity index is 421. The van der Waals surface area contributed by atoms with Crippen molar-refractivity contribution in [3.63, 3.8) is 0 Å². The van der Waals surface area contributed by atoms with Crippen LogP contribution in [0.25, 0.3) is 0 Å². The van der Waals surface area contributed by atoms with Gasteiger partial charge in [-0.25, -0.2) is 0 Å². The molecule has 1 aliphatic heterocycles. The molecule has 1 saturated carbocycles. The number of pyridine rings is 1. The van der Waals surface area contributed by atoms with E-state index in [2.05, 4.69) is 16.0 Å². The van der Waals surface area contributed by atoms with E-state index in [1.54, 1.807) is 0 Å². The van der Waals surface area contributed by atoms with Gasteiger partial charge in [0.15, 0.2) is 0 Å². The van der Waals surface area contributed by atoms with Gasteiger partial charge in [-0.2, -0.15) is 0 Å². The first-order valence-electron chi connectivity index (χ1n) is 7.32. The second kappa shape index (κ2) is 5.47. The Balaban J connectivity index is 1.77. The molecule has 0 radical (unpaired) electrons. The van der Waals surface area contributed by atoms with Gasteiger partial charge >= 0.3 is 0 Å². The number of anilines is 1. The van der Waals surface area contributed by atoms with Gasteiger partial charge in [0.2, 0.25) is 0 Å². The molecule has 0 spiro atoms. The zero-order chi connectivity index (χ0) is 13.2. The quantitative estimate of drug-likeness (QED) is 0.907. The van der Waals surface area contributed by atoms with Gasteiger partial charge in [-0.3, -0.25) is 4.98 Å². The minimum Gasteiger partial charge on any atom is -0.387 e. The third-order valence-corrected chi connectivity index (χ3v) is 4.31. The molecule has 1 aromatic heterocycles. The summed E-state index contributed by atoms with van der Waals surface area (Å²) in [5.74, 6) is 0. The fraction of sp³-hybridized carbons (Fsp3) is 0.667. The molecule has 2 heterocycles. The van der Waals surface area contributed by atoms with Crippen molar-refractivity contribution in [1.29, 1.82) is 0 Å². The first-order chi connectivity index (χ1) is 9.29. The fourth-order valence-electron chi connectivity index (χ4n) is 3.22. The van der Waals surface area contributed by atoms with Crippen LogP contribution in [0.1, 0.15) is 44.4 Å². The molecule has 4 nitrogen and oxygen atoms in total. The predicted octanol–water partition coefficient (Wildman–Crippen LogP) is 2.28. The van der Waals surface area contributed by atoms with E-state index < -0.39 is 6.10 Å². The summed E-state index contributed by atoms with van der Waals surface area (Å²) in [6.45, 7) is 3.71. The molecule has 1 aliphatic carbocycles. The van der Waals surface area contributed by atoms with E-state index in [4.69, 9.17) is 4.74 Å². The average molecular weight is 262 g/mol. The molecule has 0 amide bonds. The van der Waals surface area contributed by atoms with Crippen LogP contribution in [-0.4, -0.2) is 35.4 Å². The standard InChI is InChI=1S/C15H22N2O2/c1-2-14(18)12-7-6-11(10-16-12)17-8-9-19-15-5-3-4-13(15)17/h6-7,10,13-15,18H,2-5,8-9H2,1H3/t13?,14-,15?/m0/s1. The highest BCUT2D eigenvalue weighted by Crippen LogP contribution is 2.33. The first kappa shape index (κ1) is 12.9. The Morgan fingerprint density at radius 1 is 1.47 bits per heavy atom. The van der Waals surface area contributed by atoms with Crippen LogP contribution in [0.3, 0.4) is 0 Å². The SMILES string of the molecule is CC[C@H](O)c1ccc(N2CCOC3CCCC32)cn1. The number of hydrogen-bond acceptors (Lipinski definition) is 4. The van der Waals surface area contributed by atoms with Crippen molar-refractivity contribution in [3.05, 3.63) is 24.0 Å². The predicted molar refractivity (Wildman–Crippen MR) is 74.2 cm³/mol. The minimum atomic E-state index is -0.446. The van der Waals surface area contributed by atoms with Crippen molar-refractivity contribution in [2.24, 2.45) is 0 Å². The largest absolute Gasteiger partial charge is 0.387 e.